The van der Waals surface area contributed by atoms with Gasteiger partial charge in [-0.15, -0.1) is 0 Å². The van der Waals surface area contributed by atoms with Gasteiger partial charge in [-0.1, -0.05) is 36.5 Å². The summed E-state index contributed by atoms with van der Waals surface area (Å²) in [7, 11) is 0. The molecule has 2 heterocycles. The van der Waals surface area contributed by atoms with Gasteiger partial charge in [-0.3, -0.25) is 5.10 Å². The molecule has 2 aromatic heterocycles. The molecule has 0 unspecified atom stereocenters. The Balaban J connectivity index is 2.43. The van der Waals surface area contributed by atoms with Crippen LogP contribution in [0.3, 0.4) is 0 Å². The molecule has 78 valence electrons. The van der Waals surface area contributed by atoms with E-state index in [1.54, 1.807) is 12.5 Å². The zero-order valence-electron chi connectivity index (χ0n) is 8.31. The third-order valence-corrected chi connectivity index (χ3v) is 2.80. The molecule has 0 aliphatic carbocycles. The molecular formula is C12H8N2OS. The largest absolute Gasteiger partial charge is 0.472 e. The number of nitrogens with zero attached hydrogens (tertiary/aromatic N) is 1. The number of benzene rings is 1. The van der Waals surface area contributed by atoms with Crippen LogP contribution in [0.1, 0.15) is 0 Å². The Morgan fingerprint density at radius 2 is 1.94 bits per heavy atom. The second kappa shape index (κ2) is 3.57. The van der Waals surface area contributed by atoms with Gasteiger partial charge in [0.2, 0.25) is 0 Å². The molecule has 4 heteroatoms. The zero-order valence-corrected chi connectivity index (χ0v) is 9.12. The number of hydrogen-bond donors (Lipinski definition) is 1. The van der Waals surface area contributed by atoms with E-state index in [-0.39, 0.29) is 0 Å². The van der Waals surface area contributed by atoms with E-state index in [0.717, 1.165) is 22.0 Å². The summed E-state index contributed by atoms with van der Waals surface area (Å²) in [6, 6.07) is 9.81. The van der Waals surface area contributed by atoms with Crippen LogP contribution in [0.4, 0.5) is 0 Å². The molecule has 0 aliphatic rings. The van der Waals surface area contributed by atoms with Crippen LogP contribution >= 0.6 is 12.2 Å². The molecule has 0 aliphatic heterocycles. The molecule has 0 bridgehead atoms. The Morgan fingerprint density at radius 3 is 2.69 bits per heavy atom. The van der Waals surface area contributed by atoms with Gasteiger partial charge in [0.25, 0.3) is 0 Å². The Kier molecular flexibility index (Phi) is 2.08. The Bertz CT molecular complexity index is 686. The minimum absolute atomic E-state index is 0.655. The van der Waals surface area contributed by atoms with E-state index in [1.807, 2.05) is 30.3 Å². The second-order valence-electron chi connectivity index (χ2n) is 3.46. The molecule has 3 rings (SSSR count). The van der Waals surface area contributed by atoms with Crippen molar-refractivity contribution in [2.75, 3.05) is 0 Å². The highest BCUT2D eigenvalue weighted by Crippen LogP contribution is 2.26. The summed E-state index contributed by atoms with van der Waals surface area (Å²) in [5, 5.41) is 9.15. The molecule has 0 amide bonds. The van der Waals surface area contributed by atoms with Crippen LogP contribution in [-0.4, -0.2) is 10.2 Å². The number of hydrogen-bond acceptors (Lipinski definition) is 3. The third kappa shape index (κ3) is 1.35. The number of nitrogens with one attached hydrogen (secondary N) is 1. The summed E-state index contributed by atoms with van der Waals surface area (Å²) < 4.78 is 5.72. The topological polar surface area (TPSA) is 41.8 Å². The number of fused-ring (bicyclic) bond motifs is 1. The lowest BCUT2D eigenvalue weighted by Crippen LogP contribution is -1.89. The van der Waals surface area contributed by atoms with Crippen molar-refractivity contribution >= 4 is 23.0 Å². The van der Waals surface area contributed by atoms with E-state index in [9.17, 15) is 0 Å². The fourth-order valence-corrected chi connectivity index (χ4v) is 1.96. The van der Waals surface area contributed by atoms with Crippen LogP contribution in [-0.2, 0) is 0 Å². The maximum atomic E-state index is 5.20. The summed E-state index contributed by atoms with van der Waals surface area (Å²) in [4.78, 5) is 0. The SMILES string of the molecule is S=c1[nH]nc(-c2ccoc2)c2ccccc12. The first-order valence-electron chi connectivity index (χ1n) is 4.86. The number of aromatic nitrogens is 2. The summed E-state index contributed by atoms with van der Waals surface area (Å²) in [5.41, 5.74) is 1.81. The van der Waals surface area contributed by atoms with Crippen LogP contribution in [0.15, 0.2) is 47.3 Å². The Labute approximate surface area is 96.7 Å². The lowest BCUT2D eigenvalue weighted by atomic mass is 10.1. The van der Waals surface area contributed by atoms with Gasteiger partial charge >= 0.3 is 0 Å². The van der Waals surface area contributed by atoms with Crippen molar-refractivity contribution in [1.82, 2.24) is 10.2 Å². The maximum absolute atomic E-state index is 5.20. The minimum Gasteiger partial charge on any atom is -0.472 e. The highest BCUT2D eigenvalue weighted by atomic mass is 32.1. The number of rotatable bonds is 1. The summed E-state index contributed by atoms with van der Waals surface area (Å²) in [6.07, 6.45) is 3.30. The molecule has 16 heavy (non-hydrogen) atoms. The lowest BCUT2D eigenvalue weighted by molar-refractivity contribution is 0.568. The highest BCUT2D eigenvalue weighted by molar-refractivity contribution is 7.71. The molecule has 0 saturated heterocycles. The van der Waals surface area contributed by atoms with Crippen LogP contribution in [0.2, 0.25) is 0 Å². The average Bonchev–Trinajstić information content (AvgIpc) is 2.83. The molecule has 3 aromatic rings. The summed E-state index contributed by atoms with van der Waals surface area (Å²) >= 11 is 5.20. The molecular weight excluding hydrogens is 220 g/mol. The fourth-order valence-electron chi connectivity index (χ4n) is 1.73. The molecule has 0 atom stereocenters. The first-order valence-corrected chi connectivity index (χ1v) is 5.27. The van der Waals surface area contributed by atoms with Gasteiger partial charge in [0.15, 0.2) is 0 Å². The van der Waals surface area contributed by atoms with Gasteiger partial charge in [-0.25, -0.2) is 0 Å². The third-order valence-electron chi connectivity index (χ3n) is 2.49. The summed E-state index contributed by atoms with van der Waals surface area (Å²) in [6.45, 7) is 0. The quantitative estimate of drug-likeness (QED) is 0.647. The molecule has 1 N–H and O–H groups in total. The maximum Gasteiger partial charge on any atom is 0.127 e. The van der Waals surface area contributed by atoms with E-state index >= 15 is 0 Å². The monoisotopic (exact) mass is 228 g/mol. The van der Waals surface area contributed by atoms with Gasteiger partial charge in [-0.2, -0.15) is 5.10 Å². The van der Waals surface area contributed by atoms with Crippen molar-refractivity contribution in [3.05, 3.63) is 47.5 Å². The normalized spacial score (nSPS) is 10.8. The Morgan fingerprint density at radius 1 is 1.12 bits per heavy atom. The van der Waals surface area contributed by atoms with Gasteiger partial charge in [0.05, 0.1) is 12.5 Å². The van der Waals surface area contributed by atoms with Crippen LogP contribution < -0.4 is 0 Å². The molecule has 3 nitrogen and oxygen atoms in total. The highest BCUT2D eigenvalue weighted by Gasteiger charge is 2.07. The smallest absolute Gasteiger partial charge is 0.127 e. The van der Waals surface area contributed by atoms with Crippen LogP contribution in [0.5, 0.6) is 0 Å². The van der Waals surface area contributed by atoms with Gasteiger partial charge in [0.1, 0.15) is 10.3 Å². The summed E-state index contributed by atoms with van der Waals surface area (Å²) in [5.74, 6) is 0. The van der Waals surface area contributed by atoms with Crippen molar-refractivity contribution in [3.8, 4) is 11.3 Å². The second-order valence-corrected chi connectivity index (χ2v) is 3.87. The average molecular weight is 228 g/mol. The molecule has 1 aromatic carbocycles. The fraction of sp³-hybridized carbons (Fsp3) is 0. The number of aromatic amines is 1. The first-order chi connectivity index (χ1) is 7.86. The predicted molar refractivity (Wildman–Crippen MR) is 64.6 cm³/mol. The van der Waals surface area contributed by atoms with Crippen LogP contribution in [0, 0.1) is 4.64 Å². The van der Waals surface area contributed by atoms with Gasteiger partial charge in [-0.05, 0) is 6.07 Å². The predicted octanol–water partition coefficient (Wildman–Crippen LogP) is 3.55. The van der Waals surface area contributed by atoms with Gasteiger partial charge < -0.3 is 4.42 Å². The van der Waals surface area contributed by atoms with Gasteiger partial charge in [0, 0.05) is 16.3 Å². The first kappa shape index (κ1) is 9.30. The minimum atomic E-state index is 0.655. The lowest BCUT2D eigenvalue weighted by Gasteiger charge is -2.02. The molecule has 0 radical (unpaired) electrons. The van der Waals surface area contributed by atoms with E-state index < -0.39 is 0 Å². The van der Waals surface area contributed by atoms with E-state index in [2.05, 4.69) is 10.2 Å². The van der Waals surface area contributed by atoms with Crippen molar-refractivity contribution in [2.45, 2.75) is 0 Å². The molecule has 0 saturated carbocycles. The number of furan rings is 1. The van der Waals surface area contributed by atoms with E-state index in [0.29, 0.717) is 4.64 Å². The molecule has 0 fully saturated rings. The van der Waals surface area contributed by atoms with E-state index in [1.165, 1.54) is 0 Å². The molecule has 0 spiro atoms. The zero-order chi connectivity index (χ0) is 11.0. The van der Waals surface area contributed by atoms with Crippen molar-refractivity contribution in [2.24, 2.45) is 0 Å². The van der Waals surface area contributed by atoms with Crippen molar-refractivity contribution < 1.29 is 4.42 Å². The van der Waals surface area contributed by atoms with Crippen LogP contribution in [0.25, 0.3) is 22.0 Å². The standard InChI is InChI=1S/C12H8N2OS/c16-12-10-4-2-1-3-9(10)11(13-14-12)8-5-6-15-7-8/h1-7H,(H,14,16). The van der Waals surface area contributed by atoms with Crippen molar-refractivity contribution in [1.29, 1.82) is 0 Å². The number of H-pyrrole nitrogens is 1. The van der Waals surface area contributed by atoms with Crippen molar-refractivity contribution in [3.63, 3.8) is 0 Å². The van der Waals surface area contributed by atoms with E-state index in [4.69, 9.17) is 16.6 Å². The Hall–Kier alpha value is -1.94.